The number of Topliss-reactive ketones (excluding diaryl/α,β-unsaturated/α-hetero) is 1. The van der Waals surface area contributed by atoms with E-state index in [0.29, 0.717) is 12.1 Å². The van der Waals surface area contributed by atoms with Gasteiger partial charge in [-0.05, 0) is 61.9 Å². The number of pyridine rings is 1. The summed E-state index contributed by atoms with van der Waals surface area (Å²) >= 11 is 0. The molecule has 3 aromatic rings. The Hall–Kier alpha value is -2.98. The van der Waals surface area contributed by atoms with Crippen LogP contribution >= 0.6 is 0 Å². The monoisotopic (exact) mass is 347 g/mol. The third-order valence-electron chi connectivity index (χ3n) is 4.10. The fourth-order valence-corrected chi connectivity index (χ4v) is 2.52. The lowest BCUT2D eigenvalue weighted by molar-refractivity contribution is 0.0735. The molecule has 0 amide bonds. The van der Waals surface area contributed by atoms with Gasteiger partial charge >= 0.3 is 0 Å². The summed E-state index contributed by atoms with van der Waals surface area (Å²) in [6.07, 6.45) is -0.640. The fourth-order valence-electron chi connectivity index (χ4n) is 2.52. The Balaban J connectivity index is 1.78. The van der Waals surface area contributed by atoms with Crippen LogP contribution in [-0.4, -0.2) is 22.0 Å². The van der Waals surface area contributed by atoms with E-state index in [1.807, 2.05) is 61.5 Å². The first-order chi connectivity index (χ1) is 12.6. The van der Waals surface area contributed by atoms with Crippen molar-refractivity contribution < 1.29 is 14.6 Å². The van der Waals surface area contributed by atoms with E-state index in [1.54, 1.807) is 19.1 Å². The summed E-state index contributed by atoms with van der Waals surface area (Å²) in [5, 5.41) is 9.73. The van der Waals surface area contributed by atoms with Crippen LogP contribution in [0, 0.1) is 6.92 Å². The molecule has 4 heteroatoms. The van der Waals surface area contributed by atoms with Crippen LogP contribution in [0.3, 0.4) is 0 Å². The second-order valence-electron chi connectivity index (χ2n) is 6.14. The smallest absolute Gasteiger partial charge is 0.209 e. The van der Waals surface area contributed by atoms with E-state index < -0.39 is 6.10 Å². The first kappa shape index (κ1) is 17.8. The summed E-state index contributed by atoms with van der Waals surface area (Å²) < 4.78 is 5.82. The predicted molar refractivity (Wildman–Crippen MR) is 102 cm³/mol. The van der Waals surface area contributed by atoms with Crippen molar-refractivity contribution in [1.29, 1.82) is 0 Å². The number of aliphatic hydroxyl groups excluding tert-OH is 1. The molecule has 2 aromatic carbocycles. The van der Waals surface area contributed by atoms with Gasteiger partial charge in [-0.15, -0.1) is 0 Å². The Morgan fingerprint density at radius 1 is 1.00 bits per heavy atom. The molecule has 0 aliphatic rings. The molecule has 0 bridgehead atoms. The highest BCUT2D eigenvalue weighted by Gasteiger charge is 2.16. The van der Waals surface area contributed by atoms with Crippen LogP contribution in [0.1, 0.15) is 29.4 Å². The number of aliphatic hydroxyl groups is 1. The topological polar surface area (TPSA) is 59.4 Å². The van der Waals surface area contributed by atoms with E-state index in [0.717, 1.165) is 17.1 Å². The van der Waals surface area contributed by atoms with Crippen molar-refractivity contribution >= 4 is 5.78 Å². The number of hydrogen-bond acceptors (Lipinski definition) is 4. The normalized spacial score (nSPS) is 11.8. The van der Waals surface area contributed by atoms with Gasteiger partial charge in [0.25, 0.3) is 0 Å². The van der Waals surface area contributed by atoms with E-state index in [1.165, 1.54) is 5.56 Å². The highest BCUT2D eigenvalue weighted by atomic mass is 16.5. The zero-order valence-corrected chi connectivity index (χ0v) is 14.8. The molecule has 0 unspecified atom stereocenters. The van der Waals surface area contributed by atoms with Crippen LogP contribution in [0.2, 0.25) is 0 Å². The van der Waals surface area contributed by atoms with Gasteiger partial charge in [-0.2, -0.15) is 0 Å². The second kappa shape index (κ2) is 7.93. The van der Waals surface area contributed by atoms with Crippen molar-refractivity contribution in [1.82, 2.24) is 4.98 Å². The summed E-state index contributed by atoms with van der Waals surface area (Å²) in [6, 6.07) is 20.6. The van der Waals surface area contributed by atoms with E-state index in [-0.39, 0.29) is 11.5 Å². The van der Waals surface area contributed by atoms with Gasteiger partial charge in [0, 0.05) is 5.56 Å². The maximum atomic E-state index is 12.1. The average molecular weight is 347 g/mol. The van der Waals surface area contributed by atoms with Crippen molar-refractivity contribution in [2.24, 2.45) is 0 Å². The summed E-state index contributed by atoms with van der Waals surface area (Å²) in [4.78, 5) is 16.5. The van der Waals surface area contributed by atoms with E-state index >= 15 is 0 Å². The minimum absolute atomic E-state index is 0.275. The van der Waals surface area contributed by atoms with Crippen LogP contribution < -0.4 is 4.74 Å². The molecule has 0 aliphatic carbocycles. The Kier molecular flexibility index (Phi) is 5.44. The molecule has 0 spiro atoms. The van der Waals surface area contributed by atoms with Gasteiger partial charge in [0.05, 0.1) is 5.69 Å². The van der Waals surface area contributed by atoms with Gasteiger partial charge in [0.1, 0.15) is 23.3 Å². The van der Waals surface area contributed by atoms with Crippen LogP contribution in [0.15, 0.2) is 66.7 Å². The average Bonchev–Trinajstić information content (AvgIpc) is 2.69. The number of benzene rings is 2. The number of carbonyl (C=O) groups excluding carboxylic acids is 1. The second-order valence-corrected chi connectivity index (χ2v) is 6.14. The SMILES string of the molecule is CC[C@H](O)C(=O)c1cccc(-c2ccc(Oc3ccc(C)cc3)cc2)n1. The molecule has 0 aliphatic heterocycles. The molecule has 0 radical (unpaired) electrons. The molecule has 0 fully saturated rings. The van der Waals surface area contributed by atoms with Gasteiger partial charge in [0.2, 0.25) is 5.78 Å². The largest absolute Gasteiger partial charge is 0.457 e. The molecule has 0 saturated carbocycles. The summed E-state index contributed by atoms with van der Waals surface area (Å²) in [6.45, 7) is 3.79. The highest BCUT2D eigenvalue weighted by Crippen LogP contribution is 2.25. The fraction of sp³-hybridized carbons (Fsp3) is 0.182. The molecule has 4 nitrogen and oxygen atoms in total. The zero-order chi connectivity index (χ0) is 18.5. The lowest BCUT2D eigenvalue weighted by Crippen LogP contribution is -2.20. The molecular weight excluding hydrogens is 326 g/mol. The molecule has 26 heavy (non-hydrogen) atoms. The predicted octanol–water partition coefficient (Wildman–Crippen LogP) is 4.80. The number of nitrogens with zero attached hydrogens (tertiary/aromatic N) is 1. The third kappa shape index (κ3) is 4.16. The molecule has 132 valence electrons. The van der Waals surface area contributed by atoms with E-state index in [9.17, 15) is 9.90 Å². The molecule has 1 aromatic heterocycles. The van der Waals surface area contributed by atoms with Crippen LogP contribution in [0.5, 0.6) is 11.5 Å². The molecule has 0 saturated heterocycles. The maximum Gasteiger partial charge on any atom is 0.209 e. The lowest BCUT2D eigenvalue weighted by atomic mass is 10.1. The lowest BCUT2D eigenvalue weighted by Gasteiger charge is -2.09. The van der Waals surface area contributed by atoms with Gasteiger partial charge in [-0.25, -0.2) is 4.98 Å². The van der Waals surface area contributed by atoms with Crippen molar-refractivity contribution in [2.45, 2.75) is 26.4 Å². The number of hydrogen-bond donors (Lipinski definition) is 1. The molecule has 1 N–H and O–H groups in total. The molecule has 1 heterocycles. The minimum atomic E-state index is -1.01. The molecule has 3 rings (SSSR count). The maximum absolute atomic E-state index is 12.1. The number of ether oxygens (including phenoxy) is 1. The van der Waals surface area contributed by atoms with E-state index in [4.69, 9.17) is 4.74 Å². The van der Waals surface area contributed by atoms with Crippen molar-refractivity contribution in [3.05, 3.63) is 78.0 Å². The highest BCUT2D eigenvalue weighted by molar-refractivity contribution is 5.97. The van der Waals surface area contributed by atoms with E-state index in [2.05, 4.69) is 4.98 Å². The van der Waals surface area contributed by atoms with Crippen LogP contribution in [-0.2, 0) is 0 Å². The number of aryl methyl sites for hydroxylation is 1. The van der Waals surface area contributed by atoms with Crippen molar-refractivity contribution in [2.75, 3.05) is 0 Å². The van der Waals surface area contributed by atoms with Crippen molar-refractivity contribution in [3.63, 3.8) is 0 Å². The number of aromatic nitrogens is 1. The molecular formula is C22H21NO3. The third-order valence-corrected chi connectivity index (χ3v) is 4.10. The van der Waals surface area contributed by atoms with Crippen molar-refractivity contribution in [3.8, 4) is 22.8 Å². The van der Waals surface area contributed by atoms with Gasteiger partial charge in [0.15, 0.2) is 0 Å². The number of carbonyl (C=O) groups is 1. The van der Waals surface area contributed by atoms with Crippen LogP contribution in [0.4, 0.5) is 0 Å². The van der Waals surface area contributed by atoms with Gasteiger partial charge in [-0.3, -0.25) is 4.79 Å². The Labute approximate surface area is 153 Å². The molecule has 1 atom stereocenters. The van der Waals surface area contributed by atoms with Gasteiger partial charge in [-0.1, -0.05) is 30.7 Å². The Morgan fingerprint density at radius 3 is 2.23 bits per heavy atom. The quantitative estimate of drug-likeness (QED) is 0.651. The zero-order valence-electron chi connectivity index (χ0n) is 14.8. The summed E-state index contributed by atoms with van der Waals surface area (Å²) in [7, 11) is 0. The van der Waals surface area contributed by atoms with Gasteiger partial charge < -0.3 is 9.84 Å². The summed E-state index contributed by atoms with van der Waals surface area (Å²) in [5.74, 6) is 1.16. The van der Waals surface area contributed by atoms with Crippen LogP contribution in [0.25, 0.3) is 11.3 Å². The number of ketones is 1. The minimum Gasteiger partial charge on any atom is -0.457 e. The standard InChI is InChI=1S/C22H21NO3/c1-3-21(24)22(25)20-6-4-5-19(23-20)16-9-13-18(14-10-16)26-17-11-7-15(2)8-12-17/h4-14,21,24H,3H2,1-2H3/t21-/m0/s1. The number of rotatable bonds is 6. The summed E-state index contributed by atoms with van der Waals surface area (Å²) in [5.41, 5.74) is 3.01. The Morgan fingerprint density at radius 2 is 1.62 bits per heavy atom. The first-order valence-electron chi connectivity index (χ1n) is 8.61. The Bertz CT molecular complexity index is 886. The first-order valence-corrected chi connectivity index (χ1v) is 8.61.